The van der Waals surface area contributed by atoms with Crippen LogP contribution in [0.5, 0.6) is 0 Å². The lowest BCUT2D eigenvalue weighted by Gasteiger charge is -2.34. The molecule has 1 fully saturated rings. The molecular formula is C28H28FN3O2S. The van der Waals surface area contributed by atoms with E-state index >= 15 is 0 Å². The van der Waals surface area contributed by atoms with Crippen LogP contribution in [0, 0.1) is 12.7 Å². The summed E-state index contributed by atoms with van der Waals surface area (Å²) < 4.78 is 14.8. The third-order valence-corrected chi connectivity index (χ3v) is 7.57. The lowest BCUT2D eigenvalue weighted by molar-refractivity contribution is -0.123. The molecule has 0 spiro atoms. The minimum absolute atomic E-state index is 0.0730. The van der Waals surface area contributed by atoms with Crippen molar-refractivity contribution in [3.63, 3.8) is 0 Å². The van der Waals surface area contributed by atoms with Gasteiger partial charge in [-0.05, 0) is 66.6 Å². The zero-order chi connectivity index (χ0) is 24.4. The Labute approximate surface area is 208 Å². The normalized spacial score (nSPS) is 15.1. The summed E-state index contributed by atoms with van der Waals surface area (Å²) in [6, 6.07) is 16.3. The van der Waals surface area contributed by atoms with E-state index in [1.807, 2.05) is 48.7 Å². The van der Waals surface area contributed by atoms with E-state index < -0.39 is 11.9 Å². The van der Waals surface area contributed by atoms with Gasteiger partial charge < -0.3 is 10.3 Å². The molecule has 1 unspecified atom stereocenters. The Balaban J connectivity index is 1.61. The summed E-state index contributed by atoms with van der Waals surface area (Å²) in [6.07, 6.45) is 5.17. The Hall–Kier alpha value is -3.45. The van der Waals surface area contributed by atoms with Gasteiger partial charge in [0.2, 0.25) is 5.91 Å². The number of nitrogens with zero attached hydrogens (tertiary/aromatic N) is 1. The van der Waals surface area contributed by atoms with Crippen LogP contribution in [0.15, 0.2) is 66.0 Å². The lowest BCUT2D eigenvalue weighted by atomic mass is 9.94. The molecule has 4 aromatic rings. The van der Waals surface area contributed by atoms with E-state index in [1.54, 1.807) is 28.4 Å². The number of carbonyl (C=O) groups is 2. The van der Waals surface area contributed by atoms with Crippen molar-refractivity contribution in [1.82, 2.24) is 10.3 Å². The van der Waals surface area contributed by atoms with Crippen LogP contribution in [0.4, 0.5) is 10.1 Å². The van der Waals surface area contributed by atoms with E-state index in [2.05, 4.69) is 10.3 Å². The number of fused-ring (bicyclic) bond motifs is 1. The fourth-order valence-corrected chi connectivity index (χ4v) is 5.67. The molecule has 180 valence electrons. The minimum Gasteiger partial charge on any atom is -0.351 e. The maximum atomic E-state index is 14.1. The molecule has 2 amide bonds. The number of hydrogen-bond acceptors (Lipinski definition) is 3. The first kappa shape index (κ1) is 23.3. The number of aromatic nitrogens is 1. The highest BCUT2D eigenvalue weighted by Crippen LogP contribution is 2.33. The number of aromatic amines is 1. The highest BCUT2D eigenvalue weighted by atomic mass is 32.1. The standard InChI is InChI=1S/C28H28FN3O2S/c1-18-7-5-6-10-24(18)32(28(34)23-17-25-22(31-23)15-16-35-25)26(19-11-13-20(29)14-12-19)27(33)30-21-8-3-2-4-9-21/h5-7,10-17,21,26,31H,2-4,8-9H2,1H3,(H,30,33). The number of amides is 2. The van der Waals surface area contributed by atoms with Gasteiger partial charge in [0.1, 0.15) is 17.6 Å². The summed E-state index contributed by atoms with van der Waals surface area (Å²) >= 11 is 1.55. The molecule has 0 radical (unpaired) electrons. The molecule has 5 rings (SSSR count). The average molecular weight is 490 g/mol. The first-order chi connectivity index (χ1) is 17.0. The van der Waals surface area contributed by atoms with Gasteiger partial charge in [-0.15, -0.1) is 11.3 Å². The molecule has 1 atom stereocenters. The first-order valence-electron chi connectivity index (χ1n) is 12.0. The average Bonchev–Trinajstić information content (AvgIpc) is 3.47. The van der Waals surface area contributed by atoms with Crippen molar-refractivity contribution < 1.29 is 14.0 Å². The summed E-state index contributed by atoms with van der Waals surface area (Å²) in [6.45, 7) is 1.92. The lowest BCUT2D eigenvalue weighted by Crippen LogP contribution is -2.47. The SMILES string of the molecule is Cc1ccccc1N(C(=O)c1cc2sccc2[nH]1)C(C(=O)NC1CCCCC1)c1ccc(F)cc1. The summed E-state index contributed by atoms with van der Waals surface area (Å²) in [7, 11) is 0. The minimum atomic E-state index is -0.951. The van der Waals surface area contributed by atoms with Crippen molar-refractivity contribution in [2.45, 2.75) is 51.1 Å². The van der Waals surface area contributed by atoms with Gasteiger partial charge in [0.05, 0.1) is 10.2 Å². The summed E-state index contributed by atoms with van der Waals surface area (Å²) in [5.41, 5.74) is 3.36. The van der Waals surface area contributed by atoms with Crippen LogP contribution in [0.1, 0.15) is 59.8 Å². The smallest absolute Gasteiger partial charge is 0.275 e. The van der Waals surface area contributed by atoms with E-state index in [4.69, 9.17) is 0 Å². The Morgan fingerprint density at radius 2 is 1.80 bits per heavy atom. The van der Waals surface area contributed by atoms with Crippen molar-refractivity contribution in [3.8, 4) is 0 Å². The van der Waals surface area contributed by atoms with Crippen LogP contribution < -0.4 is 10.2 Å². The topological polar surface area (TPSA) is 65.2 Å². The van der Waals surface area contributed by atoms with Crippen LogP contribution in [0.3, 0.4) is 0 Å². The largest absolute Gasteiger partial charge is 0.351 e. The fourth-order valence-electron chi connectivity index (χ4n) is 4.88. The van der Waals surface area contributed by atoms with Crippen molar-refractivity contribution in [1.29, 1.82) is 0 Å². The van der Waals surface area contributed by atoms with Gasteiger partial charge in [-0.2, -0.15) is 0 Å². The number of halogens is 1. The quantitative estimate of drug-likeness (QED) is 0.324. The number of H-pyrrole nitrogens is 1. The fraction of sp³-hybridized carbons (Fsp3) is 0.286. The second-order valence-electron chi connectivity index (χ2n) is 9.14. The molecule has 1 saturated carbocycles. The highest BCUT2D eigenvalue weighted by Gasteiger charge is 2.36. The van der Waals surface area contributed by atoms with Crippen molar-refractivity contribution in [3.05, 3.63) is 88.7 Å². The summed E-state index contributed by atoms with van der Waals surface area (Å²) in [5, 5.41) is 5.16. The predicted molar refractivity (Wildman–Crippen MR) is 138 cm³/mol. The van der Waals surface area contributed by atoms with Gasteiger partial charge in [-0.3, -0.25) is 14.5 Å². The van der Waals surface area contributed by atoms with Gasteiger partial charge in [-0.25, -0.2) is 4.39 Å². The van der Waals surface area contributed by atoms with Crippen molar-refractivity contribution >= 4 is 39.1 Å². The van der Waals surface area contributed by atoms with Gasteiger partial charge in [-0.1, -0.05) is 49.6 Å². The van der Waals surface area contributed by atoms with Crippen LogP contribution in [0.2, 0.25) is 0 Å². The number of anilines is 1. The zero-order valence-electron chi connectivity index (χ0n) is 19.6. The number of aryl methyl sites for hydroxylation is 1. The van der Waals surface area contributed by atoms with Crippen LogP contribution in [-0.2, 0) is 4.79 Å². The van der Waals surface area contributed by atoms with Crippen molar-refractivity contribution in [2.75, 3.05) is 4.90 Å². The number of para-hydroxylation sites is 1. The number of hydrogen-bond donors (Lipinski definition) is 2. The third-order valence-electron chi connectivity index (χ3n) is 6.71. The van der Waals surface area contributed by atoms with Gasteiger partial charge >= 0.3 is 0 Å². The Morgan fingerprint density at radius 1 is 1.06 bits per heavy atom. The van der Waals surface area contributed by atoms with Gasteiger partial charge in [0, 0.05) is 11.7 Å². The Morgan fingerprint density at radius 3 is 2.51 bits per heavy atom. The number of thiophene rings is 1. The molecule has 2 heterocycles. The molecule has 7 heteroatoms. The number of benzene rings is 2. The summed E-state index contributed by atoms with van der Waals surface area (Å²) in [5.74, 6) is -0.956. The highest BCUT2D eigenvalue weighted by molar-refractivity contribution is 7.17. The molecule has 2 N–H and O–H groups in total. The predicted octanol–water partition coefficient (Wildman–Crippen LogP) is 6.51. The van der Waals surface area contributed by atoms with Gasteiger partial charge in [0.15, 0.2) is 0 Å². The molecule has 0 bridgehead atoms. The van der Waals surface area contributed by atoms with E-state index in [-0.39, 0.29) is 17.9 Å². The second-order valence-corrected chi connectivity index (χ2v) is 10.1. The van der Waals surface area contributed by atoms with Crippen LogP contribution in [-0.4, -0.2) is 22.8 Å². The van der Waals surface area contributed by atoms with Crippen LogP contribution >= 0.6 is 11.3 Å². The molecule has 0 saturated heterocycles. The van der Waals surface area contributed by atoms with Gasteiger partial charge in [0.25, 0.3) is 5.91 Å². The maximum Gasteiger partial charge on any atom is 0.275 e. The molecule has 35 heavy (non-hydrogen) atoms. The molecule has 1 aliphatic carbocycles. The Kier molecular flexibility index (Phi) is 6.68. The first-order valence-corrected chi connectivity index (χ1v) is 12.9. The van der Waals surface area contributed by atoms with Crippen LogP contribution in [0.25, 0.3) is 10.2 Å². The van der Waals surface area contributed by atoms with Crippen molar-refractivity contribution in [2.24, 2.45) is 0 Å². The molecule has 2 aromatic heterocycles. The third kappa shape index (κ3) is 4.86. The maximum absolute atomic E-state index is 14.1. The van der Waals surface area contributed by atoms with E-state index in [1.165, 1.54) is 18.6 Å². The number of rotatable bonds is 6. The second kappa shape index (κ2) is 10.0. The monoisotopic (exact) mass is 489 g/mol. The molecule has 0 aliphatic heterocycles. The number of carbonyl (C=O) groups excluding carboxylic acids is 2. The molecular weight excluding hydrogens is 461 g/mol. The summed E-state index contributed by atoms with van der Waals surface area (Å²) in [4.78, 5) is 32.7. The van der Waals surface area contributed by atoms with E-state index in [0.29, 0.717) is 16.9 Å². The molecule has 2 aromatic carbocycles. The molecule has 5 nitrogen and oxygen atoms in total. The molecule has 1 aliphatic rings. The Bertz CT molecular complexity index is 1310. The zero-order valence-corrected chi connectivity index (χ0v) is 20.4. The number of nitrogens with one attached hydrogen (secondary N) is 2. The van der Waals surface area contributed by atoms with E-state index in [9.17, 15) is 14.0 Å². The van der Waals surface area contributed by atoms with E-state index in [0.717, 1.165) is 41.5 Å².